The van der Waals surface area contributed by atoms with Gasteiger partial charge in [-0.3, -0.25) is 13.8 Å². The molecule has 0 aromatic carbocycles. The number of aliphatic hydroxyl groups is 1. The largest absolute Gasteiger partial charge is 0.472 e. The smallest absolute Gasteiger partial charge is 0.391 e. The fourth-order valence-electron chi connectivity index (χ4n) is 5.67. The van der Waals surface area contributed by atoms with E-state index in [-0.39, 0.29) is 25.7 Å². The van der Waals surface area contributed by atoms with E-state index in [1.165, 1.54) is 51.4 Å². The summed E-state index contributed by atoms with van der Waals surface area (Å²) in [5.74, 6) is -0.191. The van der Waals surface area contributed by atoms with Gasteiger partial charge < -0.3 is 21.1 Å². The van der Waals surface area contributed by atoms with Gasteiger partial charge >= 0.3 is 7.82 Å². The summed E-state index contributed by atoms with van der Waals surface area (Å²) in [6.45, 7) is 4.04. The van der Waals surface area contributed by atoms with Crippen LogP contribution in [0, 0.1) is 0 Å². The normalized spacial score (nSPS) is 14.9. The molecule has 0 saturated carbocycles. The van der Waals surface area contributed by atoms with Gasteiger partial charge in [-0.25, -0.2) is 4.57 Å². The average molecular weight is 763 g/mol. The van der Waals surface area contributed by atoms with E-state index >= 15 is 0 Å². The summed E-state index contributed by atoms with van der Waals surface area (Å²) in [7, 11) is -4.32. The quantitative estimate of drug-likeness (QED) is 0.0280. The van der Waals surface area contributed by atoms with Crippen LogP contribution in [0.4, 0.5) is 0 Å². The highest BCUT2D eigenvalue weighted by molar-refractivity contribution is 7.47. The fourth-order valence-corrected chi connectivity index (χ4v) is 6.43. The minimum absolute atomic E-state index is 0.0803. The summed E-state index contributed by atoms with van der Waals surface area (Å²) >= 11 is 0. The molecule has 0 aliphatic rings. The van der Waals surface area contributed by atoms with Gasteiger partial charge in [0.25, 0.3) is 0 Å². The van der Waals surface area contributed by atoms with E-state index < -0.39 is 20.0 Å². The molecule has 0 fully saturated rings. The summed E-state index contributed by atoms with van der Waals surface area (Å²) in [4.78, 5) is 22.7. The molecule has 0 radical (unpaired) electrons. The second-order valence-corrected chi connectivity index (χ2v) is 15.3. The molecule has 0 aliphatic heterocycles. The van der Waals surface area contributed by atoms with E-state index in [9.17, 15) is 19.4 Å². The third-order valence-electron chi connectivity index (χ3n) is 8.82. The van der Waals surface area contributed by atoms with Crippen molar-refractivity contribution in [1.29, 1.82) is 0 Å². The Balaban J connectivity index is 4.22. The molecule has 0 aromatic rings. The summed E-state index contributed by atoms with van der Waals surface area (Å²) in [6.07, 6.45) is 50.5. The number of unbranched alkanes of at least 4 members (excludes halogenated alkanes) is 14. The van der Waals surface area contributed by atoms with Crippen molar-refractivity contribution in [3.63, 3.8) is 0 Å². The Bertz CT molecular complexity index is 1050. The maximum atomic E-state index is 12.7. The lowest BCUT2D eigenvalue weighted by Crippen LogP contribution is -2.46. The van der Waals surface area contributed by atoms with E-state index in [2.05, 4.69) is 92.1 Å². The van der Waals surface area contributed by atoms with Crippen LogP contribution in [0.25, 0.3) is 0 Å². The van der Waals surface area contributed by atoms with E-state index in [4.69, 9.17) is 14.8 Å². The third-order valence-corrected chi connectivity index (χ3v) is 9.81. The van der Waals surface area contributed by atoms with E-state index in [1.54, 1.807) is 0 Å². The van der Waals surface area contributed by atoms with Crippen molar-refractivity contribution in [2.24, 2.45) is 5.73 Å². The van der Waals surface area contributed by atoms with Crippen molar-refractivity contribution < 1.29 is 28.4 Å². The lowest BCUT2D eigenvalue weighted by molar-refractivity contribution is -0.123. The van der Waals surface area contributed by atoms with Crippen LogP contribution >= 0.6 is 7.82 Å². The maximum Gasteiger partial charge on any atom is 0.472 e. The molecule has 0 aliphatic carbocycles. The number of hydrogen-bond acceptors (Lipinski definition) is 6. The number of phosphoric acid groups is 1. The van der Waals surface area contributed by atoms with Crippen LogP contribution < -0.4 is 11.1 Å². The van der Waals surface area contributed by atoms with Crippen LogP contribution in [0.1, 0.15) is 168 Å². The predicted octanol–water partition coefficient (Wildman–Crippen LogP) is 11.7. The van der Waals surface area contributed by atoms with Gasteiger partial charge in [0, 0.05) is 13.0 Å². The minimum Gasteiger partial charge on any atom is -0.391 e. The van der Waals surface area contributed by atoms with Crippen molar-refractivity contribution in [3.05, 3.63) is 72.9 Å². The first-order valence-electron chi connectivity index (χ1n) is 21.1. The van der Waals surface area contributed by atoms with Crippen LogP contribution in [-0.2, 0) is 18.4 Å². The van der Waals surface area contributed by atoms with Gasteiger partial charge in [-0.15, -0.1) is 0 Å². The Kier molecular flexibility index (Phi) is 38.1. The molecule has 0 spiro atoms. The van der Waals surface area contributed by atoms with Gasteiger partial charge in [-0.05, 0) is 64.2 Å². The molecule has 0 rings (SSSR count). The minimum atomic E-state index is -4.32. The van der Waals surface area contributed by atoms with Crippen molar-refractivity contribution >= 4 is 13.7 Å². The van der Waals surface area contributed by atoms with E-state index in [0.29, 0.717) is 12.8 Å². The molecule has 0 heterocycles. The molecule has 53 heavy (non-hydrogen) atoms. The Hall–Kier alpha value is -2.06. The lowest BCUT2D eigenvalue weighted by atomic mass is 10.0. The molecule has 306 valence electrons. The van der Waals surface area contributed by atoms with Gasteiger partial charge in [-0.1, -0.05) is 170 Å². The number of carbonyl (C=O) groups excluding carboxylic acids is 1. The Morgan fingerprint density at radius 3 is 1.60 bits per heavy atom. The first kappa shape index (κ1) is 50.9. The monoisotopic (exact) mass is 763 g/mol. The van der Waals surface area contributed by atoms with Crippen LogP contribution in [-0.4, -0.2) is 47.8 Å². The number of phosphoric ester groups is 1. The number of nitrogens with one attached hydrogen (secondary N) is 1. The summed E-state index contributed by atoms with van der Waals surface area (Å²) in [6, 6.07) is -0.791. The highest BCUT2D eigenvalue weighted by Crippen LogP contribution is 2.43. The first-order chi connectivity index (χ1) is 25.9. The average Bonchev–Trinajstić information content (AvgIpc) is 3.14. The van der Waals surface area contributed by atoms with Gasteiger partial charge in [0.15, 0.2) is 0 Å². The molecule has 8 nitrogen and oxygen atoms in total. The summed E-state index contributed by atoms with van der Waals surface area (Å²) in [5, 5.41) is 13.7. The molecule has 9 heteroatoms. The Labute approximate surface area is 325 Å². The third kappa shape index (κ3) is 38.0. The zero-order valence-corrected chi connectivity index (χ0v) is 34.6. The van der Waals surface area contributed by atoms with Crippen molar-refractivity contribution in [2.45, 2.75) is 180 Å². The van der Waals surface area contributed by atoms with Gasteiger partial charge in [0.05, 0.1) is 25.4 Å². The number of amides is 1. The SMILES string of the molecule is CC/C=C\C/C=C\C/C=C\C/C=C\C/C=C\C/C=C\CCCCCCC(=O)NC(COP(=O)(O)OCCN)C(O)CCCCCCCCCCCCC. The summed E-state index contributed by atoms with van der Waals surface area (Å²) < 4.78 is 22.1. The molecule has 0 saturated heterocycles. The number of hydrogen-bond donors (Lipinski definition) is 4. The number of aliphatic hydroxyl groups excluding tert-OH is 1. The molecule has 0 bridgehead atoms. The molecule has 3 atom stereocenters. The predicted molar refractivity (Wildman–Crippen MR) is 226 cm³/mol. The van der Waals surface area contributed by atoms with Gasteiger partial charge in [0.2, 0.25) is 5.91 Å². The second-order valence-electron chi connectivity index (χ2n) is 13.8. The zero-order valence-electron chi connectivity index (χ0n) is 33.7. The fraction of sp³-hybridized carbons (Fsp3) is 0.705. The van der Waals surface area contributed by atoms with Crippen LogP contribution in [0.3, 0.4) is 0 Å². The van der Waals surface area contributed by atoms with Crippen LogP contribution in [0.15, 0.2) is 72.9 Å². The van der Waals surface area contributed by atoms with Crippen LogP contribution in [0.5, 0.6) is 0 Å². The first-order valence-corrected chi connectivity index (χ1v) is 22.5. The molecular weight excluding hydrogens is 683 g/mol. The second kappa shape index (κ2) is 39.6. The van der Waals surface area contributed by atoms with E-state index in [1.807, 2.05) is 0 Å². The Morgan fingerprint density at radius 2 is 1.09 bits per heavy atom. The van der Waals surface area contributed by atoms with Crippen molar-refractivity contribution in [1.82, 2.24) is 5.32 Å². The number of carbonyl (C=O) groups is 1. The van der Waals surface area contributed by atoms with Crippen LogP contribution in [0.2, 0.25) is 0 Å². The highest BCUT2D eigenvalue weighted by Gasteiger charge is 2.27. The number of rotatable bonds is 38. The van der Waals surface area contributed by atoms with Crippen molar-refractivity contribution in [3.8, 4) is 0 Å². The number of allylic oxidation sites excluding steroid dienone is 12. The van der Waals surface area contributed by atoms with E-state index in [0.717, 1.165) is 89.9 Å². The van der Waals surface area contributed by atoms with Gasteiger partial charge in [-0.2, -0.15) is 0 Å². The molecule has 1 amide bonds. The zero-order chi connectivity index (χ0) is 38.9. The lowest BCUT2D eigenvalue weighted by Gasteiger charge is -2.25. The summed E-state index contributed by atoms with van der Waals surface area (Å²) in [5.41, 5.74) is 5.37. The topological polar surface area (TPSA) is 131 Å². The highest BCUT2D eigenvalue weighted by atomic mass is 31.2. The maximum absolute atomic E-state index is 12.7. The molecular formula is C44H79N2O6P. The molecule has 3 unspecified atom stereocenters. The van der Waals surface area contributed by atoms with Crippen molar-refractivity contribution in [2.75, 3.05) is 19.8 Å². The standard InChI is InChI=1S/C44H79N2O6P/c1-3-5-7-9-11-13-15-16-17-18-19-20-21-22-23-24-25-26-28-30-32-34-36-38-44(48)46-42(41-52-53(49,50)51-40-39-45)43(47)37-35-33-31-29-27-14-12-10-8-6-4-2/h5,7,11,13,16-17,19-20,22-23,25-26,42-43,47H,3-4,6,8-10,12,14-15,18,21,24,27-41,45H2,1-2H3,(H,46,48)(H,49,50)/b7-5-,13-11-,17-16-,20-19-,23-22-,26-25-. The molecule has 0 aromatic heterocycles. The van der Waals surface area contributed by atoms with Gasteiger partial charge in [0.1, 0.15) is 0 Å². The Morgan fingerprint density at radius 1 is 0.642 bits per heavy atom. The molecule has 5 N–H and O–H groups in total. The number of nitrogens with two attached hydrogens (primary N) is 1.